The molecule has 0 radical (unpaired) electrons. The van der Waals surface area contributed by atoms with E-state index < -0.39 is 0 Å². The van der Waals surface area contributed by atoms with E-state index in [0.717, 1.165) is 24.4 Å². The van der Waals surface area contributed by atoms with Crippen LogP contribution in [0.2, 0.25) is 0 Å². The fraction of sp³-hybridized carbons (Fsp3) is 0.421. The fourth-order valence-corrected chi connectivity index (χ4v) is 2.98. The number of carbonyl (C=O) groups excluding carboxylic acids is 1. The van der Waals surface area contributed by atoms with Crippen LogP contribution in [0, 0.1) is 6.92 Å². The third-order valence-electron chi connectivity index (χ3n) is 4.67. The van der Waals surface area contributed by atoms with Crippen molar-refractivity contribution in [1.29, 1.82) is 0 Å². The highest BCUT2D eigenvalue weighted by molar-refractivity contribution is 5.95. The summed E-state index contributed by atoms with van der Waals surface area (Å²) in [7, 11) is 1.62. The van der Waals surface area contributed by atoms with Crippen molar-refractivity contribution in [3.05, 3.63) is 47.5 Å². The lowest BCUT2D eigenvalue weighted by Crippen LogP contribution is -2.56. The quantitative estimate of drug-likeness (QED) is 0.838. The Morgan fingerprint density at radius 1 is 1.20 bits per heavy atom. The lowest BCUT2D eigenvalue weighted by molar-refractivity contribution is 0.0167. The monoisotopic (exact) mass is 339 g/mol. The average Bonchev–Trinajstić information content (AvgIpc) is 3.42. The average molecular weight is 339 g/mol. The van der Waals surface area contributed by atoms with Gasteiger partial charge >= 0.3 is 0 Å². The third kappa shape index (κ3) is 3.16. The number of rotatable bonds is 5. The lowest BCUT2D eigenvalue weighted by atomic mass is 10.1. The second-order valence-corrected chi connectivity index (χ2v) is 6.60. The van der Waals surface area contributed by atoms with E-state index in [1.807, 2.05) is 31.2 Å². The van der Waals surface area contributed by atoms with Crippen LogP contribution < -0.4 is 9.47 Å². The van der Waals surface area contributed by atoms with E-state index in [9.17, 15) is 4.79 Å². The highest BCUT2D eigenvalue weighted by Crippen LogP contribution is 2.38. The maximum Gasteiger partial charge on any atom is 0.257 e. The number of methoxy groups -OCH3 is 1. The number of aryl methyl sites for hydroxylation is 1. The Balaban J connectivity index is 1.38. The molecule has 0 unspecified atom stereocenters. The van der Waals surface area contributed by atoms with Gasteiger partial charge in [0.2, 0.25) is 0 Å². The van der Waals surface area contributed by atoms with Crippen molar-refractivity contribution in [3.63, 3.8) is 0 Å². The first-order chi connectivity index (χ1) is 12.2. The Kier molecular flexibility index (Phi) is 4.03. The summed E-state index contributed by atoms with van der Waals surface area (Å²) in [5.41, 5.74) is 1.34. The van der Waals surface area contributed by atoms with Crippen molar-refractivity contribution in [2.75, 3.05) is 20.2 Å². The van der Waals surface area contributed by atoms with E-state index >= 15 is 0 Å². The number of ether oxygens (including phenoxy) is 2. The minimum absolute atomic E-state index is 0.0211. The molecule has 1 aromatic carbocycles. The molecule has 25 heavy (non-hydrogen) atoms. The molecule has 4 rings (SSSR count). The molecule has 1 amide bonds. The standard InChI is InChI=1S/C19H21N3O3/c1-12-15(9-20-18(21-12)13-7-8-13)19(23)22-10-14(11-22)25-17-6-4-3-5-16(17)24-2/h3-6,9,13-14H,7-8,10-11H2,1-2H3. The summed E-state index contributed by atoms with van der Waals surface area (Å²) in [6, 6.07) is 7.54. The first kappa shape index (κ1) is 15.9. The third-order valence-corrected chi connectivity index (χ3v) is 4.67. The van der Waals surface area contributed by atoms with Gasteiger partial charge in [-0.1, -0.05) is 12.1 Å². The van der Waals surface area contributed by atoms with Crippen LogP contribution in [-0.2, 0) is 0 Å². The largest absolute Gasteiger partial charge is 0.493 e. The molecule has 2 heterocycles. The maximum absolute atomic E-state index is 12.6. The Labute approximate surface area is 146 Å². The molecule has 2 aromatic rings. The Morgan fingerprint density at radius 3 is 2.56 bits per heavy atom. The predicted octanol–water partition coefficient (Wildman–Crippen LogP) is 2.57. The molecule has 130 valence electrons. The maximum atomic E-state index is 12.6. The van der Waals surface area contributed by atoms with Crippen LogP contribution in [0.1, 0.15) is 40.6 Å². The number of amides is 1. The van der Waals surface area contributed by atoms with Crippen molar-refractivity contribution < 1.29 is 14.3 Å². The van der Waals surface area contributed by atoms with Gasteiger partial charge in [-0.3, -0.25) is 4.79 Å². The molecular formula is C19H21N3O3. The van der Waals surface area contributed by atoms with Crippen LogP contribution in [0.4, 0.5) is 0 Å². The molecule has 0 atom stereocenters. The number of hydrogen-bond acceptors (Lipinski definition) is 5. The summed E-state index contributed by atoms with van der Waals surface area (Å²) < 4.78 is 11.2. The summed E-state index contributed by atoms with van der Waals surface area (Å²) in [5.74, 6) is 2.74. The molecule has 6 nitrogen and oxygen atoms in total. The number of carbonyl (C=O) groups is 1. The zero-order chi connectivity index (χ0) is 17.4. The Bertz CT molecular complexity index is 798. The van der Waals surface area contributed by atoms with Crippen molar-refractivity contribution in [1.82, 2.24) is 14.9 Å². The van der Waals surface area contributed by atoms with E-state index in [1.165, 1.54) is 0 Å². The number of aromatic nitrogens is 2. The fourth-order valence-electron chi connectivity index (χ4n) is 2.98. The molecule has 0 spiro atoms. The number of benzene rings is 1. The molecule has 1 aliphatic carbocycles. The van der Waals surface area contributed by atoms with E-state index in [-0.39, 0.29) is 12.0 Å². The van der Waals surface area contributed by atoms with Crippen molar-refractivity contribution in [2.24, 2.45) is 0 Å². The normalized spacial score (nSPS) is 17.1. The Morgan fingerprint density at radius 2 is 1.92 bits per heavy atom. The van der Waals surface area contributed by atoms with Crippen molar-refractivity contribution >= 4 is 5.91 Å². The number of likely N-dealkylation sites (tertiary alicyclic amines) is 1. The molecule has 0 N–H and O–H groups in total. The highest BCUT2D eigenvalue weighted by Gasteiger charge is 2.35. The molecular weight excluding hydrogens is 318 g/mol. The summed E-state index contributed by atoms with van der Waals surface area (Å²) in [4.78, 5) is 23.3. The Hall–Kier alpha value is -2.63. The minimum atomic E-state index is -0.0280. The molecule has 6 heteroatoms. The molecule has 2 fully saturated rings. The second kappa shape index (κ2) is 6.35. The van der Waals surface area contributed by atoms with Crippen LogP contribution in [0.5, 0.6) is 11.5 Å². The summed E-state index contributed by atoms with van der Waals surface area (Å²) in [6.07, 6.45) is 3.96. The smallest absolute Gasteiger partial charge is 0.257 e. The van der Waals surface area contributed by atoms with Crippen LogP contribution in [0.15, 0.2) is 30.5 Å². The SMILES string of the molecule is COc1ccccc1OC1CN(C(=O)c2cnc(C3CC3)nc2C)C1. The van der Waals surface area contributed by atoms with E-state index in [4.69, 9.17) is 9.47 Å². The molecule has 1 aromatic heterocycles. The molecule has 1 saturated heterocycles. The summed E-state index contributed by atoms with van der Waals surface area (Å²) >= 11 is 0. The van der Waals surface area contributed by atoms with Gasteiger partial charge in [-0.15, -0.1) is 0 Å². The van der Waals surface area contributed by atoms with Gasteiger partial charge < -0.3 is 14.4 Å². The van der Waals surface area contributed by atoms with E-state index in [0.29, 0.717) is 36.1 Å². The summed E-state index contributed by atoms with van der Waals surface area (Å²) in [6.45, 7) is 2.99. The predicted molar refractivity (Wildman–Crippen MR) is 92.1 cm³/mol. The van der Waals surface area contributed by atoms with E-state index in [2.05, 4.69) is 9.97 Å². The van der Waals surface area contributed by atoms with Gasteiger partial charge in [0.05, 0.1) is 31.5 Å². The van der Waals surface area contributed by atoms with Crippen molar-refractivity contribution in [3.8, 4) is 11.5 Å². The van der Waals surface area contributed by atoms with Gasteiger partial charge in [0.25, 0.3) is 5.91 Å². The van der Waals surface area contributed by atoms with E-state index in [1.54, 1.807) is 18.2 Å². The van der Waals surface area contributed by atoms with Gasteiger partial charge in [-0.05, 0) is 31.9 Å². The first-order valence-electron chi connectivity index (χ1n) is 8.58. The second-order valence-electron chi connectivity index (χ2n) is 6.60. The molecule has 1 saturated carbocycles. The number of nitrogens with zero attached hydrogens (tertiary/aromatic N) is 3. The van der Waals surface area contributed by atoms with Gasteiger partial charge in [0.15, 0.2) is 11.5 Å². The topological polar surface area (TPSA) is 64.6 Å². The summed E-state index contributed by atoms with van der Waals surface area (Å²) in [5, 5.41) is 0. The minimum Gasteiger partial charge on any atom is -0.493 e. The molecule has 1 aliphatic heterocycles. The highest BCUT2D eigenvalue weighted by atomic mass is 16.5. The van der Waals surface area contributed by atoms with Crippen molar-refractivity contribution in [2.45, 2.75) is 31.8 Å². The zero-order valence-electron chi connectivity index (χ0n) is 14.4. The van der Waals surface area contributed by atoms with Gasteiger partial charge in [-0.2, -0.15) is 0 Å². The number of hydrogen-bond donors (Lipinski definition) is 0. The first-order valence-corrected chi connectivity index (χ1v) is 8.58. The van der Waals surface area contributed by atoms with Crippen LogP contribution >= 0.6 is 0 Å². The van der Waals surface area contributed by atoms with Gasteiger partial charge in [0.1, 0.15) is 11.9 Å². The van der Waals surface area contributed by atoms with Crippen LogP contribution in [0.25, 0.3) is 0 Å². The van der Waals surface area contributed by atoms with Gasteiger partial charge in [-0.25, -0.2) is 9.97 Å². The van der Waals surface area contributed by atoms with Crippen LogP contribution in [0.3, 0.4) is 0 Å². The zero-order valence-corrected chi connectivity index (χ0v) is 14.4. The lowest BCUT2D eigenvalue weighted by Gasteiger charge is -2.39. The number of para-hydroxylation sites is 2. The van der Waals surface area contributed by atoms with Gasteiger partial charge in [0, 0.05) is 12.1 Å². The van der Waals surface area contributed by atoms with Crippen LogP contribution in [-0.4, -0.2) is 47.1 Å². The molecule has 0 bridgehead atoms. The molecule has 2 aliphatic rings.